The van der Waals surface area contributed by atoms with E-state index in [-0.39, 0.29) is 46.5 Å². The van der Waals surface area contributed by atoms with Gasteiger partial charge in [0.1, 0.15) is 18.2 Å². The number of amides is 2. The quantitative estimate of drug-likeness (QED) is 0.336. The average Bonchev–Trinajstić information content (AvgIpc) is 3.28. The highest BCUT2D eigenvalue weighted by atomic mass is 35.5. The number of benzene rings is 2. The van der Waals surface area contributed by atoms with Crippen molar-refractivity contribution >= 4 is 35.2 Å². The lowest BCUT2D eigenvalue weighted by atomic mass is 9.96. The number of nitrogens with two attached hydrogens (primary N) is 1. The lowest BCUT2D eigenvalue weighted by molar-refractivity contribution is -0.129. The summed E-state index contributed by atoms with van der Waals surface area (Å²) in [6.45, 7) is 3.78. The molecule has 39 heavy (non-hydrogen) atoms. The summed E-state index contributed by atoms with van der Waals surface area (Å²) in [5, 5.41) is 3.25. The molecular formula is C29H30ClFN4O4. The Kier molecular flexibility index (Phi) is 8.93. The summed E-state index contributed by atoms with van der Waals surface area (Å²) in [5.41, 5.74) is 6.74. The Morgan fingerprint density at radius 2 is 1.95 bits per heavy atom. The molecule has 3 N–H and O–H groups in total. The molecule has 2 aromatic carbocycles. The molecule has 4 rings (SSSR count). The first-order chi connectivity index (χ1) is 18.7. The van der Waals surface area contributed by atoms with Crippen LogP contribution >= 0.6 is 11.6 Å². The number of rotatable bonds is 10. The van der Waals surface area contributed by atoms with Crippen molar-refractivity contribution in [2.75, 3.05) is 12.3 Å². The molecule has 0 bridgehead atoms. The predicted octanol–water partition coefficient (Wildman–Crippen LogP) is 5.10. The number of hydrogen-bond donors (Lipinski definition) is 2. The van der Waals surface area contributed by atoms with E-state index < -0.39 is 35.8 Å². The third kappa shape index (κ3) is 6.43. The minimum absolute atomic E-state index is 0.00497. The van der Waals surface area contributed by atoms with Crippen LogP contribution in [0.5, 0.6) is 0 Å². The second kappa shape index (κ2) is 12.4. The molecule has 1 aromatic heterocycles. The smallest absolute Gasteiger partial charge is 0.416 e. The van der Waals surface area contributed by atoms with E-state index in [0.29, 0.717) is 12.8 Å². The number of anilines is 1. The molecule has 0 aliphatic carbocycles. The van der Waals surface area contributed by atoms with Crippen molar-refractivity contribution < 1.29 is 23.5 Å². The van der Waals surface area contributed by atoms with Gasteiger partial charge < -0.3 is 15.8 Å². The van der Waals surface area contributed by atoms with Gasteiger partial charge in [0, 0.05) is 35.8 Å². The van der Waals surface area contributed by atoms with Crippen LogP contribution in [0.1, 0.15) is 59.8 Å². The number of imide groups is 1. The molecule has 2 amide bonds. The van der Waals surface area contributed by atoms with Gasteiger partial charge in [0.25, 0.3) is 0 Å². The van der Waals surface area contributed by atoms with Gasteiger partial charge in [0.15, 0.2) is 5.78 Å². The molecule has 10 heteroatoms. The van der Waals surface area contributed by atoms with Crippen LogP contribution in [0.2, 0.25) is 5.02 Å². The highest BCUT2D eigenvalue weighted by Crippen LogP contribution is 2.30. The van der Waals surface area contributed by atoms with E-state index in [9.17, 15) is 14.4 Å². The van der Waals surface area contributed by atoms with Crippen LogP contribution in [0.4, 0.5) is 15.0 Å². The predicted molar refractivity (Wildman–Crippen MR) is 146 cm³/mol. The largest absolute Gasteiger partial charge is 0.447 e. The minimum Gasteiger partial charge on any atom is -0.447 e. The highest BCUT2D eigenvalue weighted by Gasteiger charge is 2.38. The first-order valence-corrected chi connectivity index (χ1v) is 13.1. The molecule has 1 aliphatic rings. The maximum Gasteiger partial charge on any atom is 0.416 e. The number of carbonyl (C=O) groups excluding carboxylic acids is 3. The third-order valence-electron chi connectivity index (χ3n) is 6.69. The molecule has 204 valence electrons. The number of pyridine rings is 1. The Bertz CT molecular complexity index is 1350. The van der Waals surface area contributed by atoms with Crippen LogP contribution in [0.25, 0.3) is 0 Å². The Hall–Kier alpha value is -3.82. The van der Waals surface area contributed by atoms with E-state index in [2.05, 4.69) is 10.3 Å². The summed E-state index contributed by atoms with van der Waals surface area (Å²) in [5.74, 6) is -1.49. The number of carbonyl (C=O) groups is 3. The van der Waals surface area contributed by atoms with Crippen LogP contribution in [0.3, 0.4) is 0 Å². The van der Waals surface area contributed by atoms with E-state index in [1.54, 1.807) is 6.92 Å². The van der Waals surface area contributed by atoms with Crippen molar-refractivity contribution in [3.8, 4) is 0 Å². The monoisotopic (exact) mass is 552 g/mol. The summed E-state index contributed by atoms with van der Waals surface area (Å²) in [7, 11) is 0. The SMILES string of the molecule is CC[C@@H](N[C@@H](C)CC(=O)N1C(=O)OC[C@H]1Cc1ccccc1)c1ccc(Cl)c(C(=O)c2ccc(N)nc2)c1F. The normalized spacial score (nSPS) is 16.6. The number of hydrogen-bond acceptors (Lipinski definition) is 7. The van der Waals surface area contributed by atoms with Gasteiger partial charge in [-0.05, 0) is 43.5 Å². The molecule has 2 heterocycles. The van der Waals surface area contributed by atoms with Crippen LogP contribution in [0.15, 0.2) is 60.8 Å². The van der Waals surface area contributed by atoms with Gasteiger partial charge in [-0.2, -0.15) is 0 Å². The molecule has 3 aromatic rings. The van der Waals surface area contributed by atoms with Gasteiger partial charge in [-0.3, -0.25) is 9.59 Å². The molecule has 0 saturated carbocycles. The zero-order valence-electron chi connectivity index (χ0n) is 21.7. The Labute approximate surface area is 231 Å². The maximum absolute atomic E-state index is 15.7. The van der Waals surface area contributed by atoms with Crippen molar-refractivity contribution in [2.24, 2.45) is 0 Å². The Morgan fingerprint density at radius 1 is 1.21 bits per heavy atom. The van der Waals surface area contributed by atoms with Gasteiger partial charge in [0.2, 0.25) is 5.91 Å². The fourth-order valence-electron chi connectivity index (χ4n) is 4.72. The van der Waals surface area contributed by atoms with E-state index in [1.165, 1.54) is 35.4 Å². The van der Waals surface area contributed by atoms with E-state index in [0.717, 1.165) is 5.56 Å². The van der Waals surface area contributed by atoms with Gasteiger partial charge in [-0.25, -0.2) is 19.1 Å². The van der Waals surface area contributed by atoms with Crippen molar-refractivity contribution in [2.45, 2.75) is 51.2 Å². The number of aromatic nitrogens is 1. The van der Waals surface area contributed by atoms with Gasteiger partial charge >= 0.3 is 6.09 Å². The van der Waals surface area contributed by atoms with Crippen molar-refractivity contribution in [3.05, 3.63) is 93.9 Å². The molecule has 1 aliphatic heterocycles. The lowest BCUT2D eigenvalue weighted by Crippen LogP contribution is -2.43. The second-order valence-electron chi connectivity index (χ2n) is 9.54. The molecule has 0 radical (unpaired) electrons. The van der Waals surface area contributed by atoms with Crippen LogP contribution in [-0.2, 0) is 16.0 Å². The summed E-state index contributed by atoms with van der Waals surface area (Å²) in [6.07, 6.45) is 1.57. The molecule has 8 nitrogen and oxygen atoms in total. The zero-order valence-corrected chi connectivity index (χ0v) is 22.5. The van der Waals surface area contributed by atoms with Crippen LogP contribution in [-0.4, -0.2) is 46.4 Å². The number of ketones is 1. The fraction of sp³-hybridized carbons (Fsp3) is 0.310. The zero-order chi connectivity index (χ0) is 28.1. The number of cyclic esters (lactones) is 1. The molecule has 1 fully saturated rings. The fourth-order valence-corrected chi connectivity index (χ4v) is 4.95. The molecule has 0 spiro atoms. The standard InChI is InChI=1S/C29H30ClFN4O4/c1-3-23(21-10-11-22(30)26(27(21)31)28(37)19-9-12-24(32)33-15-19)34-17(2)13-25(36)35-20(16-39-29(35)38)14-18-7-5-4-6-8-18/h4-12,15,17,20,23,34H,3,13-14,16H2,1-2H3,(H2,32,33)/t17-,20+,23+/m0/s1. The highest BCUT2D eigenvalue weighted by molar-refractivity contribution is 6.35. The van der Waals surface area contributed by atoms with Crippen molar-refractivity contribution in [1.29, 1.82) is 0 Å². The van der Waals surface area contributed by atoms with Crippen molar-refractivity contribution in [1.82, 2.24) is 15.2 Å². The van der Waals surface area contributed by atoms with Crippen LogP contribution < -0.4 is 11.1 Å². The number of nitrogens with zero attached hydrogens (tertiary/aromatic N) is 2. The molecule has 3 atom stereocenters. The second-order valence-corrected chi connectivity index (χ2v) is 9.95. The number of nitrogen functional groups attached to an aromatic ring is 1. The Balaban J connectivity index is 1.47. The Morgan fingerprint density at radius 3 is 2.62 bits per heavy atom. The molecule has 0 unspecified atom stereocenters. The summed E-state index contributed by atoms with van der Waals surface area (Å²) < 4.78 is 20.9. The number of halogens is 2. The maximum atomic E-state index is 15.7. The van der Waals surface area contributed by atoms with E-state index in [1.807, 2.05) is 37.3 Å². The lowest BCUT2D eigenvalue weighted by Gasteiger charge is -2.26. The van der Waals surface area contributed by atoms with E-state index >= 15 is 4.39 Å². The van der Waals surface area contributed by atoms with Gasteiger partial charge in [0.05, 0.1) is 16.6 Å². The number of nitrogens with one attached hydrogen (secondary N) is 1. The molecular weight excluding hydrogens is 523 g/mol. The topological polar surface area (TPSA) is 115 Å². The van der Waals surface area contributed by atoms with Gasteiger partial charge in [-0.15, -0.1) is 0 Å². The summed E-state index contributed by atoms with van der Waals surface area (Å²) >= 11 is 6.24. The summed E-state index contributed by atoms with van der Waals surface area (Å²) in [6, 6.07) is 14.2. The van der Waals surface area contributed by atoms with E-state index in [4.69, 9.17) is 22.1 Å². The van der Waals surface area contributed by atoms with Gasteiger partial charge in [-0.1, -0.05) is 54.9 Å². The first-order valence-electron chi connectivity index (χ1n) is 12.7. The number of ether oxygens (including phenoxy) is 1. The minimum atomic E-state index is -0.742. The van der Waals surface area contributed by atoms with Crippen LogP contribution in [0, 0.1) is 5.82 Å². The third-order valence-corrected chi connectivity index (χ3v) is 7.01. The average molecular weight is 553 g/mol. The summed E-state index contributed by atoms with van der Waals surface area (Å²) in [4.78, 5) is 43.6. The molecule has 1 saturated heterocycles. The first kappa shape index (κ1) is 28.2. The van der Waals surface area contributed by atoms with Crippen molar-refractivity contribution in [3.63, 3.8) is 0 Å².